The van der Waals surface area contributed by atoms with E-state index in [0.29, 0.717) is 37.8 Å². The smallest absolute Gasteiger partial charge is 0.282 e. The second-order valence-corrected chi connectivity index (χ2v) is 5.20. The largest absolute Gasteiger partial charge is 0.454 e. The zero-order chi connectivity index (χ0) is 16.9. The van der Waals surface area contributed by atoms with Gasteiger partial charge in [0.2, 0.25) is 6.79 Å². The Morgan fingerprint density at radius 1 is 1.33 bits per heavy atom. The maximum absolute atomic E-state index is 11.8. The van der Waals surface area contributed by atoms with Gasteiger partial charge in [-0.05, 0) is 6.07 Å². The van der Waals surface area contributed by atoms with Gasteiger partial charge in [-0.2, -0.15) is 5.10 Å². The van der Waals surface area contributed by atoms with E-state index in [-0.39, 0.29) is 30.5 Å². The summed E-state index contributed by atoms with van der Waals surface area (Å²) < 4.78 is 15.5. The van der Waals surface area contributed by atoms with E-state index in [1.165, 1.54) is 18.3 Å². The molecule has 0 unspecified atom stereocenters. The lowest BCUT2D eigenvalue weighted by atomic mass is 10.1. The summed E-state index contributed by atoms with van der Waals surface area (Å²) in [6, 6.07) is 2.73. The number of carbonyl (C=O) groups excluding carboxylic acids is 1. The van der Waals surface area contributed by atoms with Gasteiger partial charge in [0.05, 0.1) is 42.5 Å². The van der Waals surface area contributed by atoms with Gasteiger partial charge in [0.25, 0.3) is 11.6 Å². The van der Waals surface area contributed by atoms with Crippen LogP contribution in [0.2, 0.25) is 0 Å². The SMILES string of the molecule is O=C(CN1CCOCC1)NN=Cc1cc2c(cc1[N+](=O)[O-])OCO2. The van der Waals surface area contributed by atoms with Crippen molar-refractivity contribution in [3.05, 3.63) is 27.8 Å². The quantitative estimate of drug-likeness (QED) is 0.461. The Morgan fingerprint density at radius 2 is 2.04 bits per heavy atom. The number of rotatable bonds is 5. The molecule has 1 aromatic carbocycles. The highest BCUT2D eigenvalue weighted by Crippen LogP contribution is 2.37. The van der Waals surface area contributed by atoms with Gasteiger partial charge in [0, 0.05) is 13.1 Å². The third kappa shape index (κ3) is 3.78. The van der Waals surface area contributed by atoms with Crippen molar-refractivity contribution in [2.75, 3.05) is 39.6 Å². The molecule has 1 fully saturated rings. The highest BCUT2D eigenvalue weighted by atomic mass is 16.7. The Morgan fingerprint density at radius 3 is 2.75 bits per heavy atom. The van der Waals surface area contributed by atoms with Crippen LogP contribution in [-0.2, 0) is 9.53 Å². The standard InChI is InChI=1S/C14H16N4O6/c19-14(8-17-1-3-22-4-2-17)16-15-7-10-5-12-13(24-9-23-12)6-11(10)18(20)21/h5-7H,1-4,8-9H2,(H,16,19). The molecule has 10 heteroatoms. The number of ether oxygens (including phenoxy) is 3. The molecular formula is C14H16N4O6. The maximum Gasteiger partial charge on any atom is 0.282 e. The van der Waals surface area contributed by atoms with E-state index in [9.17, 15) is 14.9 Å². The van der Waals surface area contributed by atoms with Crippen LogP contribution in [-0.4, -0.2) is 61.6 Å². The molecule has 0 radical (unpaired) electrons. The average molecular weight is 336 g/mol. The van der Waals surface area contributed by atoms with Crippen LogP contribution in [0, 0.1) is 10.1 Å². The fourth-order valence-electron chi connectivity index (χ4n) is 2.38. The van der Waals surface area contributed by atoms with Crippen molar-refractivity contribution < 1.29 is 23.9 Å². The molecule has 0 atom stereocenters. The first-order chi connectivity index (χ1) is 11.6. The number of nitro groups is 1. The molecule has 0 aromatic heterocycles. The van der Waals surface area contributed by atoms with Crippen LogP contribution in [0.1, 0.15) is 5.56 Å². The Bertz CT molecular complexity index is 671. The second-order valence-electron chi connectivity index (χ2n) is 5.20. The van der Waals surface area contributed by atoms with Gasteiger partial charge < -0.3 is 14.2 Å². The maximum atomic E-state index is 11.8. The fraction of sp³-hybridized carbons (Fsp3) is 0.429. The van der Waals surface area contributed by atoms with E-state index in [2.05, 4.69) is 10.5 Å². The highest BCUT2D eigenvalue weighted by Gasteiger charge is 2.22. The lowest BCUT2D eigenvalue weighted by Gasteiger charge is -2.25. The van der Waals surface area contributed by atoms with Crippen LogP contribution in [0.4, 0.5) is 5.69 Å². The number of nitrogens with zero attached hydrogens (tertiary/aromatic N) is 3. The van der Waals surface area contributed by atoms with E-state index in [0.717, 1.165) is 0 Å². The Hall–Kier alpha value is -2.72. The van der Waals surface area contributed by atoms with Crippen molar-refractivity contribution in [1.82, 2.24) is 10.3 Å². The molecule has 0 aliphatic carbocycles. The summed E-state index contributed by atoms with van der Waals surface area (Å²) in [6.45, 7) is 2.78. The van der Waals surface area contributed by atoms with Crippen molar-refractivity contribution in [2.24, 2.45) is 5.10 Å². The topological polar surface area (TPSA) is 116 Å². The summed E-state index contributed by atoms with van der Waals surface area (Å²) >= 11 is 0. The predicted molar refractivity (Wildman–Crippen MR) is 82.2 cm³/mol. The van der Waals surface area contributed by atoms with Gasteiger partial charge in [-0.15, -0.1) is 0 Å². The molecule has 2 heterocycles. The van der Waals surface area contributed by atoms with Crippen LogP contribution in [0.25, 0.3) is 0 Å². The van der Waals surface area contributed by atoms with E-state index in [1.807, 2.05) is 4.90 Å². The number of amides is 1. The number of fused-ring (bicyclic) bond motifs is 1. The van der Waals surface area contributed by atoms with Gasteiger partial charge in [0.15, 0.2) is 11.5 Å². The molecule has 0 bridgehead atoms. The lowest BCUT2D eigenvalue weighted by Crippen LogP contribution is -2.42. The van der Waals surface area contributed by atoms with Crippen molar-refractivity contribution in [1.29, 1.82) is 0 Å². The zero-order valence-corrected chi connectivity index (χ0v) is 12.8. The first kappa shape index (κ1) is 16.1. The first-order valence-corrected chi connectivity index (χ1v) is 7.33. The molecule has 2 aliphatic rings. The molecule has 1 saturated heterocycles. The molecule has 24 heavy (non-hydrogen) atoms. The summed E-state index contributed by atoms with van der Waals surface area (Å²) in [6.07, 6.45) is 1.22. The fourth-order valence-corrected chi connectivity index (χ4v) is 2.38. The van der Waals surface area contributed by atoms with Crippen LogP contribution < -0.4 is 14.9 Å². The van der Waals surface area contributed by atoms with Crippen LogP contribution >= 0.6 is 0 Å². The molecule has 2 aliphatic heterocycles. The molecule has 3 rings (SSSR count). The predicted octanol–water partition coefficient (Wildman–Crippen LogP) is 0.106. The third-order valence-corrected chi connectivity index (χ3v) is 3.58. The molecule has 0 saturated carbocycles. The van der Waals surface area contributed by atoms with Gasteiger partial charge in [-0.3, -0.25) is 19.8 Å². The third-order valence-electron chi connectivity index (χ3n) is 3.58. The molecule has 0 spiro atoms. The number of carbonyl (C=O) groups is 1. The molecule has 1 amide bonds. The van der Waals surface area contributed by atoms with E-state index in [4.69, 9.17) is 14.2 Å². The number of nitro benzene ring substituents is 1. The lowest BCUT2D eigenvalue weighted by molar-refractivity contribution is -0.385. The number of hydrogen-bond donors (Lipinski definition) is 1. The normalized spacial score (nSPS) is 17.2. The molecule has 1 N–H and O–H groups in total. The van der Waals surface area contributed by atoms with Gasteiger partial charge in [-0.25, -0.2) is 5.43 Å². The summed E-state index contributed by atoms with van der Waals surface area (Å²) in [4.78, 5) is 24.3. The number of morpholine rings is 1. The minimum Gasteiger partial charge on any atom is -0.454 e. The van der Waals surface area contributed by atoms with Crippen molar-refractivity contribution in [3.63, 3.8) is 0 Å². The molecule has 10 nitrogen and oxygen atoms in total. The summed E-state index contributed by atoms with van der Waals surface area (Å²) in [7, 11) is 0. The summed E-state index contributed by atoms with van der Waals surface area (Å²) in [5.74, 6) is 0.424. The molecule has 128 valence electrons. The first-order valence-electron chi connectivity index (χ1n) is 7.33. The van der Waals surface area contributed by atoms with Gasteiger partial charge >= 0.3 is 0 Å². The Balaban J connectivity index is 1.63. The van der Waals surface area contributed by atoms with E-state index >= 15 is 0 Å². The number of hydrazone groups is 1. The average Bonchev–Trinajstić information content (AvgIpc) is 3.02. The Labute approximate surface area is 137 Å². The monoisotopic (exact) mass is 336 g/mol. The zero-order valence-electron chi connectivity index (χ0n) is 12.8. The number of hydrogen-bond acceptors (Lipinski definition) is 8. The Kier molecular flexibility index (Phi) is 4.87. The van der Waals surface area contributed by atoms with Crippen LogP contribution in [0.3, 0.4) is 0 Å². The van der Waals surface area contributed by atoms with Crippen molar-refractivity contribution in [3.8, 4) is 11.5 Å². The van der Waals surface area contributed by atoms with E-state index < -0.39 is 4.92 Å². The summed E-state index contributed by atoms with van der Waals surface area (Å²) in [5, 5.41) is 14.9. The van der Waals surface area contributed by atoms with Crippen molar-refractivity contribution >= 4 is 17.8 Å². The summed E-state index contributed by atoms with van der Waals surface area (Å²) in [5.41, 5.74) is 2.41. The minimum absolute atomic E-state index is 0.0172. The van der Waals surface area contributed by atoms with E-state index in [1.54, 1.807) is 0 Å². The second kappa shape index (κ2) is 7.23. The highest BCUT2D eigenvalue weighted by molar-refractivity contribution is 5.88. The van der Waals surface area contributed by atoms with Crippen molar-refractivity contribution in [2.45, 2.75) is 0 Å². The number of nitrogens with one attached hydrogen (secondary N) is 1. The van der Waals surface area contributed by atoms with Crippen LogP contribution in [0.5, 0.6) is 11.5 Å². The van der Waals surface area contributed by atoms with Crippen LogP contribution in [0.15, 0.2) is 17.2 Å². The molecule has 1 aromatic rings. The van der Waals surface area contributed by atoms with Gasteiger partial charge in [0.1, 0.15) is 0 Å². The minimum atomic E-state index is -0.543. The number of benzene rings is 1. The van der Waals surface area contributed by atoms with Gasteiger partial charge in [-0.1, -0.05) is 0 Å². The molecular weight excluding hydrogens is 320 g/mol.